The summed E-state index contributed by atoms with van der Waals surface area (Å²) in [6.45, 7) is 10.5. The van der Waals surface area contributed by atoms with E-state index in [1.165, 1.54) is 17.2 Å². The Morgan fingerprint density at radius 3 is 2.40 bits per heavy atom. The summed E-state index contributed by atoms with van der Waals surface area (Å²) in [7, 11) is 3.89. The van der Waals surface area contributed by atoms with E-state index in [0.29, 0.717) is 5.92 Å². The molecule has 0 radical (unpaired) electrons. The molecule has 3 heteroatoms. The zero-order valence-electron chi connectivity index (χ0n) is 10.8. The lowest BCUT2D eigenvalue weighted by molar-refractivity contribution is -0.685. The van der Waals surface area contributed by atoms with Gasteiger partial charge in [-0.05, 0) is 0 Å². The maximum Gasteiger partial charge on any atom is 0.259 e. The zero-order valence-corrected chi connectivity index (χ0v) is 10.8. The second kappa shape index (κ2) is 4.79. The van der Waals surface area contributed by atoms with Gasteiger partial charge in [-0.3, -0.25) is 0 Å². The Bertz CT molecular complexity index is 340. The van der Waals surface area contributed by atoms with Gasteiger partial charge in [0.15, 0.2) is 0 Å². The molecule has 1 rings (SSSR count). The molecule has 0 N–H and O–H groups in total. The lowest BCUT2D eigenvalue weighted by Gasteiger charge is -2.05. The number of methoxy groups -OCH3 is 1. The van der Waals surface area contributed by atoms with Crippen LogP contribution in [0.2, 0.25) is 0 Å². The molecule has 0 amide bonds. The Morgan fingerprint density at radius 2 is 1.93 bits per heavy atom. The minimum absolute atomic E-state index is 0.541. The summed E-state index contributed by atoms with van der Waals surface area (Å²) < 4.78 is 9.81. The number of hydrogen-bond donors (Lipinski definition) is 0. The molecule has 86 valence electrons. The first-order chi connectivity index (χ1) is 7.00. The van der Waals surface area contributed by atoms with Crippen LogP contribution < -0.4 is 4.57 Å². The van der Waals surface area contributed by atoms with Crippen LogP contribution in [0.1, 0.15) is 37.0 Å². The third kappa shape index (κ3) is 2.23. The van der Waals surface area contributed by atoms with E-state index in [1.54, 1.807) is 7.11 Å². The molecule has 0 saturated heterocycles. The lowest BCUT2D eigenvalue weighted by Crippen LogP contribution is -2.36. The van der Waals surface area contributed by atoms with Crippen LogP contribution in [0.25, 0.3) is 0 Å². The average Bonchev–Trinajstić information content (AvgIpc) is 2.39. The Kier molecular flexibility index (Phi) is 3.91. The predicted octanol–water partition coefficient (Wildman–Crippen LogP) is 1.70. The first kappa shape index (κ1) is 12.2. The van der Waals surface area contributed by atoms with Crippen LogP contribution in [0.4, 0.5) is 0 Å². The maximum atomic E-state index is 5.15. The van der Waals surface area contributed by atoms with Crippen LogP contribution in [0.15, 0.2) is 0 Å². The monoisotopic (exact) mass is 211 g/mol. The quantitative estimate of drug-likeness (QED) is 0.693. The smallest absolute Gasteiger partial charge is 0.259 e. The van der Waals surface area contributed by atoms with Crippen molar-refractivity contribution in [2.45, 2.75) is 40.2 Å². The standard InChI is InChI=1S/C12H23N2O/c1-9(2)12-13(5)10(3)11(4)14(12)7-8-15-6/h9H,7-8H2,1-6H3/q+1. The van der Waals surface area contributed by atoms with Gasteiger partial charge in [-0.1, -0.05) is 13.8 Å². The van der Waals surface area contributed by atoms with Gasteiger partial charge in [0.1, 0.15) is 17.9 Å². The van der Waals surface area contributed by atoms with Gasteiger partial charge < -0.3 is 4.74 Å². The van der Waals surface area contributed by atoms with E-state index in [1.807, 2.05) is 0 Å². The Labute approximate surface area is 92.7 Å². The van der Waals surface area contributed by atoms with E-state index >= 15 is 0 Å². The van der Waals surface area contributed by atoms with Crippen molar-refractivity contribution in [2.24, 2.45) is 7.05 Å². The highest BCUT2D eigenvalue weighted by atomic mass is 16.5. The molecule has 0 unspecified atom stereocenters. The molecule has 1 aromatic heterocycles. The molecule has 0 aliphatic heterocycles. The molecule has 0 bridgehead atoms. The number of rotatable bonds is 4. The number of aromatic nitrogens is 2. The molecule has 3 nitrogen and oxygen atoms in total. The van der Waals surface area contributed by atoms with Crippen molar-refractivity contribution in [3.05, 3.63) is 17.2 Å². The molecule has 1 aromatic rings. The number of imidazole rings is 1. The van der Waals surface area contributed by atoms with Gasteiger partial charge in [-0.15, -0.1) is 0 Å². The van der Waals surface area contributed by atoms with Crippen molar-refractivity contribution in [3.8, 4) is 0 Å². The van der Waals surface area contributed by atoms with E-state index in [2.05, 4.69) is 43.9 Å². The van der Waals surface area contributed by atoms with E-state index in [9.17, 15) is 0 Å². The predicted molar refractivity (Wildman–Crippen MR) is 61.0 cm³/mol. The van der Waals surface area contributed by atoms with Gasteiger partial charge in [0.05, 0.1) is 19.6 Å². The summed E-state index contributed by atoms with van der Waals surface area (Å²) in [5.74, 6) is 1.92. The van der Waals surface area contributed by atoms with Crippen LogP contribution in [-0.2, 0) is 18.3 Å². The van der Waals surface area contributed by atoms with Crippen LogP contribution in [0.5, 0.6) is 0 Å². The Balaban J connectivity index is 3.15. The molecule has 0 atom stereocenters. The SMILES string of the molecule is COCCn1c(C)c(C)[n+](C)c1C(C)C. The Hall–Kier alpha value is -0.830. The molecule has 1 heterocycles. The summed E-state index contributed by atoms with van der Waals surface area (Å²) in [6, 6.07) is 0. The highest BCUT2D eigenvalue weighted by Gasteiger charge is 2.24. The Morgan fingerprint density at radius 1 is 1.33 bits per heavy atom. The highest BCUT2D eigenvalue weighted by Crippen LogP contribution is 2.15. The van der Waals surface area contributed by atoms with Gasteiger partial charge in [0, 0.05) is 21.0 Å². The average molecular weight is 211 g/mol. The molecule has 0 aliphatic rings. The van der Waals surface area contributed by atoms with Crippen LogP contribution >= 0.6 is 0 Å². The normalized spacial score (nSPS) is 11.4. The van der Waals surface area contributed by atoms with E-state index < -0.39 is 0 Å². The largest absolute Gasteiger partial charge is 0.381 e. The molecule has 0 saturated carbocycles. The van der Waals surface area contributed by atoms with Gasteiger partial charge in [-0.25, -0.2) is 9.13 Å². The van der Waals surface area contributed by atoms with Crippen LogP contribution in [0, 0.1) is 13.8 Å². The van der Waals surface area contributed by atoms with Crippen molar-refractivity contribution in [3.63, 3.8) is 0 Å². The molecule has 0 spiro atoms. The highest BCUT2D eigenvalue weighted by molar-refractivity contribution is 5.09. The topological polar surface area (TPSA) is 18.0 Å². The second-order valence-electron chi connectivity index (χ2n) is 4.39. The summed E-state index contributed by atoms with van der Waals surface area (Å²) in [5, 5.41) is 0. The number of nitrogens with zero attached hydrogens (tertiary/aromatic N) is 2. The molecular formula is C12H23N2O+. The van der Waals surface area contributed by atoms with E-state index in [-0.39, 0.29) is 0 Å². The zero-order chi connectivity index (χ0) is 11.6. The minimum atomic E-state index is 0.541. The first-order valence-electron chi connectivity index (χ1n) is 5.55. The van der Waals surface area contributed by atoms with Crippen molar-refractivity contribution in [1.82, 2.24) is 4.57 Å². The maximum absolute atomic E-state index is 5.15. The summed E-state index contributed by atoms with van der Waals surface area (Å²) in [6.07, 6.45) is 0. The van der Waals surface area contributed by atoms with Crippen molar-refractivity contribution >= 4 is 0 Å². The fourth-order valence-electron chi connectivity index (χ4n) is 2.13. The number of ether oxygens (including phenoxy) is 1. The minimum Gasteiger partial charge on any atom is -0.381 e. The van der Waals surface area contributed by atoms with Gasteiger partial charge >= 0.3 is 0 Å². The third-order valence-electron chi connectivity index (χ3n) is 3.09. The summed E-state index contributed by atoms with van der Waals surface area (Å²) >= 11 is 0. The van der Waals surface area contributed by atoms with Crippen molar-refractivity contribution in [1.29, 1.82) is 0 Å². The van der Waals surface area contributed by atoms with E-state index in [0.717, 1.165) is 13.2 Å². The fourth-order valence-corrected chi connectivity index (χ4v) is 2.13. The molecule has 15 heavy (non-hydrogen) atoms. The molecule has 0 aliphatic carbocycles. The molecule has 0 fully saturated rings. The van der Waals surface area contributed by atoms with Crippen LogP contribution in [0.3, 0.4) is 0 Å². The van der Waals surface area contributed by atoms with Gasteiger partial charge in [0.2, 0.25) is 0 Å². The van der Waals surface area contributed by atoms with Gasteiger partial charge in [0.25, 0.3) is 5.82 Å². The lowest BCUT2D eigenvalue weighted by atomic mass is 10.2. The van der Waals surface area contributed by atoms with E-state index in [4.69, 9.17) is 4.74 Å². The summed E-state index contributed by atoms with van der Waals surface area (Å²) in [5.41, 5.74) is 2.69. The fraction of sp³-hybridized carbons (Fsp3) is 0.750. The summed E-state index contributed by atoms with van der Waals surface area (Å²) in [4.78, 5) is 0. The molecular weight excluding hydrogens is 188 g/mol. The third-order valence-corrected chi connectivity index (χ3v) is 3.09. The van der Waals surface area contributed by atoms with Crippen molar-refractivity contribution in [2.75, 3.05) is 13.7 Å². The van der Waals surface area contributed by atoms with Gasteiger partial charge in [-0.2, -0.15) is 0 Å². The van der Waals surface area contributed by atoms with Crippen molar-refractivity contribution < 1.29 is 9.30 Å². The number of hydrogen-bond acceptors (Lipinski definition) is 1. The van der Waals surface area contributed by atoms with Crippen LogP contribution in [-0.4, -0.2) is 18.3 Å². The second-order valence-corrected chi connectivity index (χ2v) is 4.39. The molecule has 0 aromatic carbocycles. The first-order valence-corrected chi connectivity index (χ1v) is 5.55.